The van der Waals surface area contributed by atoms with Gasteiger partial charge in [0.1, 0.15) is 0 Å². The van der Waals surface area contributed by atoms with Gasteiger partial charge in [-0.15, -0.1) is 0 Å². The second kappa shape index (κ2) is 6.55. The summed E-state index contributed by atoms with van der Waals surface area (Å²) < 4.78 is 28.1. The van der Waals surface area contributed by atoms with Crippen molar-refractivity contribution in [1.29, 1.82) is 0 Å². The molecule has 0 fully saturated rings. The van der Waals surface area contributed by atoms with Crippen molar-refractivity contribution in [2.45, 2.75) is 11.4 Å². The average Bonchev–Trinajstić information content (AvgIpc) is 2.42. The molecule has 0 aromatic heterocycles. The van der Waals surface area contributed by atoms with E-state index in [9.17, 15) is 8.42 Å². The third kappa shape index (κ3) is 3.71. The molecule has 0 aliphatic carbocycles. The molecule has 2 N–H and O–H groups in total. The highest BCUT2D eigenvalue weighted by Gasteiger charge is 2.15. The third-order valence-electron chi connectivity index (χ3n) is 2.73. The minimum atomic E-state index is -3.54. The van der Waals surface area contributed by atoms with Crippen LogP contribution >= 0.6 is 22.6 Å². The van der Waals surface area contributed by atoms with Crippen LogP contribution in [0, 0.1) is 3.57 Å². The monoisotopic (exact) mass is 402 g/mol. The normalized spacial score (nSPS) is 11.3. The maximum absolute atomic E-state index is 12.3. The van der Waals surface area contributed by atoms with Gasteiger partial charge in [-0.1, -0.05) is 24.3 Å². The Kier molecular flexibility index (Phi) is 5.00. The van der Waals surface area contributed by atoms with Crippen molar-refractivity contribution >= 4 is 38.3 Å². The van der Waals surface area contributed by atoms with Gasteiger partial charge >= 0.3 is 0 Å². The fourth-order valence-electron chi connectivity index (χ4n) is 1.74. The van der Waals surface area contributed by atoms with Crippen LogP contribution < -0.4 is 10.0 Å². The maximum atomic E-state index is 12.3. The van der Waals surface area contributed by atoms with Crippen molar-refractivity contribution in [1.82, 2.24) is 5.32 Å². The first-order valence-electron chi connectivity index (χ1n) is 6.04. The van der Waals surface area contributed by atoms with Crippen molar-refractivity contribution in [2.24, 2.45) is 0 Å². The van der Waals surface area contributed by atoms with Crippen molar-refractivity contribution in [2.75, 3.05) is 11.8 Å². The molecule has 0 aliphatic rings. The van der Waals surface area contributed by atoms with Gasteiger partial charge in [-0.05, 0) is 59.5 Å². The minimum Gasteiger partial charge on any atom is -0.316 e. The van der Waals surface area contributed by atoms with E-state index < -0.39 is 10.0 Å². The predicted octanol–water partition coefficient (Wildman–Crippen LogP) is 2.81. The molecule has 0 saturated heterocycles. The predicted molar refractivity (Wildman–Crippen MR) is 89.2 cm³/mol. The lowest BCUT2D eigenvalue weighted by Crippen LogP contribution is -2.14. The summed E-state index contributed by atoms with van der Waals surface area (Å²) in [6.45, 7) is 0.713. The first kappa shape index (κ1) is 15.3. The van der Waals surface area contributed by atoms with Gasteiger partial charge in [0.15, 0.2) is 0 Å². The van der Waals surface area contributed by atoms with E-state index in [0.717, 1.165) is 9.13 Å². The zero-order valence-corrected chi connectivity index (χ0v) is 13.9. The van der Waals surface area contributed by atoms with Crippen LogP contribution in [0.1, 0.15) is 5.56 Å². The first-order chi connectivity index (χ1) is 9.53. The molecule has 0 radical (unpaired) electrons. The molecule has 2 rings (SSSR count). The van der Waals surface area contributed by atoms with E-state index in [-0.39, 0.29) is 4.90 Å². The van der Waals surface area contributed by atoms with Crippen LogP contribution in [0.4, 0.5) is 5.69 Å². The van der Waals surface area contributed by atoms with Gasteiger partial charge in [-0.2, -0.15) is 0 Å². The molecule has 0 spiro atoms. The number of nitrogens with one attached hydrogen (secondary N) is 2. The van der Waals surface area contributed by atoms with E-state index in [0.29, 0.717) is 12.2 Å². The summed E-state index contributed by atoms with van der Waals surface area (Å²) in [5, 5.41) is 3.02. The lowest BCUT2D eigenvalue weighted by atomic mass is 10.2. The van der Waals surface area contributed by atoms with E-state index in [4.69, 9.17) is 0 Å². The van der Waals surface area contributed by atoms with Crippen LogP contribution in [0.15, 0.2) is 53.4 Å². The second-order valence-electron chi connectivity index (χ2n) is 4.26. The number of rotatable bonds is 5. The molecule has 0 unspecified atom stereocenters. The van der Waals surface area contributed by atoms with Crippen LogP contribution in [0.3, 0.4) is 0 Å². The van der Waals surface area contributed by atoms with Gasteiger partial charge < -0.3 is 5.32 Å². The molecular weight excluding hydrogens is 387 g/mol. The number of sulfonamides is 1. The maximum Gasteiger partial charge on any atom is 0.261 e. The molecule has 0 bridgehead atoms. The summed E-state index contributed by atoms with van der Waals surface area (Å²) in [5.74, 6) is 0. The van der Waals surface area contributed by atoms with E-state index >= 15 is 0 Å². The molecule has 20 heavy (non-hydrogen) atoms. The first-order valence-corrected chi connectivity index (χ1v) is 8.60. The van der Waals surface area contributed by atoms with Crippen LogP contribution in [0.5, 0.6) is 0 Å². The van der Waals surface area contributed by atoms with Crippen LogP contribution in [-0.2, 0) is 16.6 Å². The van der Waals surface area contributed by atoms with Gasteiger partial charge in [0.25, 0.3) is 10.0 Å². The van der Waals surface area contributed by atoms with Crippen LogP contribution in [0.2, 0.25) is 0 Å². The number of benzene rings is 2. The smallest absolute Gasteiger partial charge is 0.261 e. The van der Waals surface area contributed by atoms with Crippen molar-refractivity contribution in [3.05, 3.63) is 57.7 Å². The molecule has 0 amide bonds. The molecule has 2 aromatic carbocycles. The Labute approximate surface area is 132 Å². The number of anilines is 1. The fourth-order valence-corrected chi connectivity index (χ4v) is 3.52. The van der Waals surface area contributed by atoms with Crippen molar-refractivity contribution in [3.63, 3.8) is 0 Å². The van der Waals surface area contributed by atoms with E-state index in [1.807, 2.05) is 19.2 Å². The number of hydrogen-bond donors (Lipinski definition) is 2. The molecule has 2 aromatic rings. The highest BCUT2D eigenvalue weighted by atomic mass is 127. The Morgan fingerprint density at radius 3 is 2.30 bits per heavy atom. The highest BCUT2D eigenvalue weighted by Crippen LogP contribution is 2.21. The molecule has 4 nitrogen and oxygen atoms in total. The third-order valence-corrected chi connectivity index (χ3v) is 5.05. The van der Waals surface area contributed by atoms with Gasteiger partial charge in [0.2, 0.25) is 0 Å². The standard InChI is InChI=1S/C14H15IN2O2S/c1-16-10-11-6-8-12(9-7-11)20(18,19)17-14-5-3-2-4-13(14)15/h2-9,16-17H,10H2,1H3. The van der Waals surface area contributed by atoms with E-state index in [1.54, 1.807) is 36.4 Å². The Hall–Kier alpha value is -1.12. The van der Waals surface area contributed by atoms with Crippen molar-refractivity contribution in [3.8, 4) is 0 Å². The Morgan fingerprint density at radius 2 is 1.70 bits per heavy atom. The lowest BCUT2D eigenvalue weighted by molar-refractivity contribution is 0.601. The fraction of sp³-hybridized carbons (Fsp3) is 0.143. The summed E-state index contributed by atoms with van der Waals surface area (Å²) in [7, 11) is -1.69. The van der Waals surface area contributed by atoms with Gasteiger partial charge in [0, 0.05) is 10.1 Å². The van der Waals surface area contributed by atoms with E-state index in [1.165, 1.54) is 0 Å². The topological polar surface area (TPSA) is 58.2 Å². The summed E-state index contributed by atoms with van der Waals surface area (Å²) in [5.41, 5.74) is 1.63. The van der Waals surface area contributed by atoms with Gasteiger partial charge in [-0.3, -0.25) is 4.72 Å². The van der Waals surface area contributed by atoms with Crippen LogP contribution in [-0.4, -0.2) is 15.5 Å². The molecule has 106 valence electrons. The zero-order valence-electron chi connectivity index (χ0n) is 10.9. The molecule has 0 aliphatic heterocycles. The van der Waals surface area contributed by atoms with E-state index in [2.05, 4.69) is 32.6 Å². The highest BCUT2D eigenvalue weighted by molar-refractivity contribution is 14.1. The molecule has 0 heterocycles. The summed E-state index contributed by atoms with van der Waals surface area (Å²) in [6.07, 6.45) is 0. The summed E-state index contributed by atoms with van der Waals surface area (Å²) in [4.78, 5) is 0.261. The molecule has 0 atom stereocenters. The quantitative estimate of drug-likeness (QED) is 0.757. The van der Waals surface area contributed by atoms with Gasteiger partial charge in [-0.25, -0.2) is 8.42 Å². The Morgan fingerprint density at radius 1 is 1.05 bits per heavy atom. The molecule has 6 heteroatoms. The second-order valence-corrected chi connectivity index (χ2v) is 7.10. The summed E-state index contributed by atoms with van der Waals surface area (Å²) >= 11 is 2.10. The SMILES string of the molecule is CNCc1ccc(S(=O)(=O)Nc2ccccc2I)cc1. The number of para-hydroxylation sites is 1. The van der Waals surface area contributed by atoms with Crippen LogP contribution in [0.25, 0.3) is 0 Å². The minimum absolute atomic E-state index is 0.261. The number of halogens is 1. The largest absolute Gasteiger partial charge is 0.316 e. The zero-order chi connectivity index (χ0) is 14.6. The van der Waals surface area contributed by atoms with Gasteiger partial charge in [0.05, 0.1) is 10.6 Å². The molecular formula is C14H15IN2O2S. The number of hydrogen-bond acceptors (Lipinski definition) is 3. The Balaban J connectivity index is 2.24. The average molecular weight is 402 g/mol. The molecule has 0 saturated carbocycles. The Bertz CT molecular complexity index is 685. The lowest BCUT2D eigenvalue weighted by Gasteiger charge is -2.10. The van der Waals surface area contributed by atoms with Crippen molar-refractivity contribution < 1.29 is 8.42 Å². The summed E-state index contributed by atoms with van der Waals surface area (Å²) in [6, 6.07) is 14.1.